The van der Waals surface area contributed by atoms with Gasteiger partial charge in [0.05, 0.1) is 19.4 Å². The van der Waals surface area contributed by atoms with Crippen LogP contribution in [-0.2, 0) is 19.6 Å². The van der Waals surface area contributed by atoms with Gasteiger partial charge in [0.1, 0.15) is 17.2 Å². The molecule has 0 aliphatic carbocycles. The van der Waals surface area contributed by atoms with Gasteiger partial charge in [0.25, 0.3) is 0 Å². The smallest absolute Gasteiger partial charge is 0.324 e. The molecular weight excluding hydrogens is 322 g/mol. The van der Waals surface area contributed by atoms with E-state index in [2.05, 4.69) is 15.6 Å². The molecule has 1 aliphatic rings. The third kappa shape index (κ3) is 4.12. The van der Waals surface area contributed by atoms with Gasteiger partial charge >= 0.3 is 5.97 Å². The van der Waals surface area contributed by atoms with Crippen LogP contribution in [0.5, 0.6) is 5.75 Å². The summed E-state index contributed by atoms with van der Waals surface area (Å²) in [6.07, 6.45) is 0.0717. The molecule has 2 atom stereocenters. The average Bonchev–Trinajstić information content (AvgIpc) is 2.98. The second-order valence-corrected chi connectivity index (χ2v) is 7.03. The van der Waals surface area contributed by atoms with E-state index in [-0.39, 0.29) is 13.0 Å². The van der Waals surface area contributed by atoms with Crippen LogP contribution in [-0.4, -0.2) is 39.5 Å². The second-order valence-electron chi connectivity index (χ2n) is 5.17. The number of anilines is 1. The molecule has 23 heavy (non-hydrogen) atoms. The fraction of sp³-hybridized carbons (Fsp3) is 0.500. The Hall–Kier alpha value is -1.84. The van der Waals surface area contributed by atoms with Crippen LogP contribution < -0.4 is 20.3 Å². The van der Waals surface area contributed by atoms with Crippen molar-refractivity contribution in [3.05, 3.63) is 23.8 Å². The molecule has 0 saturated carbocycles. The Morgan fingerprint density at radius 1 is 1.39 bits per heavy atom. The van der Waals surface area contributed by atoms with Crippen molar-refractivity contribution in [2.75, 3.05) is 18.4 Å². The van der Waals surface area contributed by atoms with Crippen molar-refractivity contribution < 1.29 is 22.7 Å². The number of carbonyl (C=O) groups is 1. The number of esters is 1. The Balaban J connectivity index is 2.11. The molecule has 3 N–H and O–H groups in total. The van der Waals surface area contributed by atoms with Gasteiger partial charge in [-0.2, -0.15) is 0 Å². The van der Waals surface area contributed by atoms with Crippen molar-refractivity contribution in [1.82, 2.24) is 10.9 Å². The number of aryl methyl sites for hydroxylation is 1. The van der Waals surface area contributed by atoms with Crippen molar-refractivity contribution in [1.29, 1.82) is 0 Å². The van der Waals surface area contributed by atoms with E-state index in [1.165, 1.54) is 7.11 Å². The Bertz CT molecular complexity index is 677. The molecule has 0 aromatic heterocycles. The van der Waals surface area contributed by atoms with E-state index in [0.717, 1.165) is 5.56 Å². The third-order valence-corrected chi connectivity index (χ3v) is 4.99. The Morgan fingerprint density at radius 2 is 2.13 bits per heavy atom. The van der Waals surface area contributed by atoms with Crippen LogP contribution in [0.15, 0.2) is 18.2 Å². The van der Waals surface area contributed by atoms with Gasteiger partial charge in [0, 0.05) is 6.42 Å². The normalized spacial score (nSPS) is 21.0. The van der Waals surface area contributed by atoms with Gasteiger partial charge in [-0.25, -0.2) is 19.3 Å². The summed E-state index contributed by atoms with van der Waals surface area (Å²) in [4.78, 5) is 11.7. The van der Waals surface area contributed by atoms with Crippen molar-refractivity contribution in [2.24, 2.45) is 0 Å². The predicted molar refractivity (Wildman–Crippen MR) is 85.4 cm³/mol. The van der Waals surface area contributed by atoms with Crippen molar-refractivity contribution >= 4 is 21.7 Å². The fourth-order valence-corrected chi connectivity index (χ4v) is 3.53. The van der Waals surface area contributed by atoms with Crippen LogP contribution in [0, 0.1) is 6.92 Å². The summed E-state index contributed by atoms with van der Waals surface area (Å²) in [6.45, 7) is 3.79. The minimum absolute atomic E-state index is 0.0717. The zero-order valence-corrected chi connectivity index (χ0v) is 14.1. The molecule has 0 spiro atoms. The Kier molecular flexibility index (Phi) is 5.45. The first kappa shape index (κ1) is 17.5. The van der Waals surface area contributed by atoms with Crippen LogP contribution in [0.2, 0.25) is 0 Å². The lowest BCUT2D eigenvalue weighted by Gasteiger charge is -2.16. The van der Waals surface area contributed by atoms with E-state index in [1.54, 1.807) is 19.1 Å². The zero-order chi connectivity index (χ0) is 17.0. The lowest BCUT2D eigenvalue weighted by molar-refractivity contribution is -0.145. The van der Waals surface area contributed by atoms with Gasteiger partial charge < -0.3 is 9.47 Å². The number of methoxy groups -OCH3 is 1. The van der Waals surface area contributed by atoms with Crippen LogP contribution in [0.1, 0.15) is 18.9 Å². The maximum absolute atomic E-state index is 12.5. The summed E-state index contributed by atoms with van der Waals surface area (Å²) < 4.78 is 37.5. The van der Waals surface area contributed by atoms with Gasteiger partial charge in [-0.05, 0) is 31.5 Å². The number of nitrogens with one attached hydrogen (secondary N) is 3. The monoisotopic (exact) mass is 343 g/mol. The number of carbonyl (C=O) groups excluding carboxylic acids is 1. The van der Waals surface area contributed by atoms with Crippen molar-refractivity contribution in [3.63, 3.8) is 0 Å². The van der Waals surface area contributed by atoms with Gasteiger partial charge in [-0.3, -0.25) is 9.52 Å². The maximum Gasteiger partial charge on any atom is 0.324 e. The maximum atomic E-state index is 12.5. The second kappa shape index (κ2) is 7.16. The zero-order valence-electron chi connectivity index (χ0n) is 13.3. The first-order valence-electron chi connectivity index (χ1n) is 7.21. The quantitative estimate of drug-likeness (QED) is 0.646. The summed E-state index contributed by atoms with van der Waals surface area (Å²) in [6, 6.07) is 4.50. The number of rotatable bonds is 6. The first-order valence-corrected chi connectivity index (χ1v) is 8.76. The molecule has 128 valence electrons. The molecule has 1 fully saturated rings. The molecule has 1 heterocycles. The van der Waals surface area contributed by atoms with Crippen LogP contribution >= 0.6 is 0 Å². The molecule has 8 nitrogen and oxygen atoms in total. The van der Waals surface area contributed by atoms with Crippen molar-refractivity contribution in [2.45, 2.75) is 31.7 Å². The van der Waals surface area contributed by atoms with E-state index in [0.29, 0.717) is 11.4 Å². The lowest BCUT2D eigenvalue weighted by atomic mass is 10.2. The standard InChI is InChI=1S/C14H21N3O5S/c1-4-22-14(18)11-8-13(16-15-11)23(19,20)17-10-7-9(2)5-6-12(10)21-3/h5-7,11,13,15-17H,4,8H2,1-3H3. The summed E-state index contributed by atoms with van der Waals surface area (Å²) in [7, 11) is -2.29. The molecule has 1 aromatic rings. The molecule has 1 aromatic carbocycles. The van der Waals surface area contributed by atoms with E-state index in [1.807, 2.05) is 13.0 Å². The van der Waals surface area contributed by atoms with Gasteiger partial charge in [0.15, 0.2) is 0 Å². The van der Waals surface area contributed by atoms with E-state index in [4.69, 9.17) is 9.47 Å². The Morgan fingerprint density at radius 3 is 2.78 bits per heavy atom. The topological polar surface area (TPSA) is 106 Å². The Labute approximate surface area is 135 Å². The lowest BCUT2D eigenvalue weighted by Crippen LogP contribution is -2.41. The highest BCUT2D eigenvalue weighted by atomic mass is 32.2. The molecule has 0 amide bonds. The number of hydrogen-bond donors (Lipinski definition) is 3. The van der Waals surface area contributed by atoms with Gasteiger partial charge in [-0.1, -0.05) is 6.07 Å². The minimum Gasteiger partial charge on any atom is -0.495 e. The number of benzene rings is 1. The number of sulfonamides is 1. The fourth-order valence-electron chi connectivity index (χ4n) is 2.25. The molecule has 9 heteroatoms. The predicted octanol–water partition coefficient (Wildman–Crippen LogP) is 0.501. The number of hydrazine groups is 1. The number of hydrogen-bond acceptors (Lipinski definition) is 7. The highest BCUT2D eigenvalue weighted by Gasteiger charge is 2.38. The summed E-state index contributed by atoms with van der Waals surface area (Å²) in [5.74, 6) is -0.0575. The largest absolute Gasteiger partial charge is 0.495 e. The first-order chi connectivity index (χ1) is 10.9. The van der Waals surface area contributed by atoms with E-state index in [9.17, 15) is 13.2 Å². The van der Waals surface area contributed by atoms with Crippen LogP contribution in [0.25, 0.3) is 0 Å². The molecule has 0 bridgehead atoms. The summed E-state index contributed by atoms with van der Waals surface area (Å²) in [5.41, 5.74) is 6.51. The summed E-state index contributed by atoms with van der Waals surface area (Å²) >= 11 is 0. The average molecular weight is 343 g/mol. The molecule has 0 radical (unpaired) electrons. The molecular formula is C14H21N3O5S. The van der Waals surface area contributed by atoms with E-state index >= 15 is 0 Å². The highest BCUT2D eigenvalue weighted by Crippen LogP contribution is 2.27. The highest BCUT2D eigenvalue weighted by molar-refractivity contribution is 7.93. The van der Waals surface area contributed by atoms with Gasteiger partial charge in [-0.15, -0.1) is 0 Å². The molecule has 2 unspecified atom stereocenters. The summed E-state index contributed by atoms with van der Waals surface area (Å²) in [5, 5.41) is -0.956. The third-order valence-electron chi connectivity index (χ3n) is 3.42. The van der Waals surface area contributed by atoms with E-state index < -0.39 is 27.4 Å². The van der Waals surface area contributed by atoms with Crippen LogP contribution in [0.3, 0.4) is 0 Å². The minimum atomic E-state index is -3.76. The molecule has 1 aliphatic heterocycles. The molecule has 2 rings (SSSR count). The van der Waals surface area contributed by atoms with Gasteiger partial charge in [0.2, 0.25) is 10.0 Å². The SMILES string of the molecule is CCOC(=O)C1CC(S(=O)(=O)Nc2cc(C)ccc2OC)NN1. The van der Waals surface area contributed by atoms with Crippen molar-refractivity contribution in [3.8, 4) is 5.75 Å². The number of ether oxygens (including phenoxy) is 2. The van der Waals surface area contributed by atoms with Crippen LogP contribution in [0.4, 0.5) is 5.69 Å². The molecule has 1 saturated heterocycles.